The third-order valence-corrected chi connectivity index (χ3v) is 9.21. The highest BCUT2D eigenvalue weighted by atomic mass is 15.0. The molecule has 0 bridgehead atoms. The van der Waals surface area contributed by atoms with E-state index in [2.05, 4.69) is 155 Å². The molecule has 2 aromatic heterocycles. The molecule has 0 amide bonds. The third kappa shape index (κ3) is 2.74. The molecule has 42 heavy (non-hydrogen) atoms. The fourth-order valence-corrected chi connectivity index (χ4v) is 7.56. The van der Waals surface area contributed by atoms with Crippen molar-refractivity contribution in [2.45, 2.75) is 0 Å². The van der Waals surface area contributed by atoms with Crippen LogP contribution in [0.4, 0.5) is 0 Å². The van der Waals surface area contributed by atoms with E-state index in [0.29, 0.717) is 0 Å². The molecule has 0 aliphatic rings. The molecule has 2 nitrogen and oxygen atoms in total. The van der Waals surface area contributed by atoms with Crippen LogP contribution in [-0.2, 0) is 0 Å². The van der Waals surface area contributed by atoms with Gasteiger partial charge in [-0.1, -0.05) is 103 Å². The van der Waals surface area contributed by atoms with Crippen LogP contribution in [0.1, 0.15) is 0 Å². The number of hydrogen-bond acceptors (Lipinski definition) is 0. The van der Waals surface area contributed by atoms with Crippen LogP contribution in [0.3, 0.4) is 0 Å². The second-order valence-electron chi connectivity index (χ2n) is 11.3. The largest absolute Gasteiger partial charge is 0.309 e. The number of hydrogen-bond donors (Lipinski definition) is 0. The molecule has 0 saturated heterocycles. The summed E-state index contributed by atoms with van der Waals surface area (Å²) in [5.41, 5.74) is 7.32. The van der Waals surface area contributed by atoms with Crippen molar-refractivity contribution < 1.29 is 0 Å². The molecule has 0 radical (unpaired) electrons. The number of nitrogens with zero attached hydrogens (tertiary/aromatic N) is 2. The quantitative estimate of drug-likeness (QED) is 0.196. The topological polar surface area (TPSA) is 9.86 Å². The van der Waals surface area contributed by atoms with E-state index in [-0.39, 0.29) is 0 Å². The van der Waals surface area contributed by atoms with E-state index >= 15 is 0 Å². The van der Waals surface area contributed by atoms with E-state index in [0.717, 1.165) is 0 Å². The van der Waals surface area contributed by atoms with Gasteiger partial charge in [0.1, 0.15) is 0 Å². The molecular weight excluding hydrogens is 508 g/mol. The van der Waals surface area contributed by atoms with Crippen LogP contribution < -0.4 is 0 Å². The lowest BCUT2D eigenvalue weighted by atomic mass is 9.93. The van der Waals surface area contributed by atoms with Crippen molar-refractivity contribution in [1.29, 1.82) is 0 Å². The summed E-state index contributed by atoms with van der Waals surface area (Å²) >= 11 is 0. The van der Waals surface area contributed by atoms with Gasteiger partial charge in [-0.15, -0.1) is 0 Å². The molecule has 0 atom stereocenters. The van der Waals surface area contributed by atoms with Crippen LogP contribution in [0.25, 0.3) is 87.3 Å². The predicted octanol–water partition coefficient (Wildman–Crippen LogP) is 10.8. The highest BCUT2D eigenvalue weighted by Crippen LogP contribution is 2.44. The number of rotatable bonds is 2. The monoisotopic (exact) mass is 532 g/mol. The highest BCUT2D eigenvalue weighted by Gasteiger charge is 2.22. The normalized spacial score (nSPS) is 12.3. The van der Waals surface area contributed by atoms with Gasteiger partial charge in [0, 0.05) is 32.6 Å². The Kier molecular flexibility index (Phi) is 4.21. The zero-order valence-corrected chi connectivity index (χ0v) is 22.8. The molecule has 194 valence electrons. The molecule has 0 fully saturated rings. The minimum atomic E-state index is 1.18. The van der Waals surface area contributed by atoms with Crippen LogP contribution in [0, 0.1) is 0 Å². The van der Waals surface area contributed by atoms with Gasteiger partial charge in [-0.05, 0) is 69.4 Å². The van der Waals surface area contributed by atoms with E-state index < -0.39 is 0 Å². The number of para-hydroxylation sites is 3. The van der Waals surface area contributed by atoms with Gasteiger partial charge in [-0.2, -0.15) is 0 Å². The van der Waals surface area contributed by atoms with Crippen molar-refractivity contribution in [2.75, 3.05) is 0 Å². The number of fused-ring (bicyclic) bond motifs is 7. The lowest BCUT2D eigenvalue weighted by molar-refractivity contribution is 1.18. The molecule has 0 aliphatic heterocycles. The van der Waals surface area contributed by atoms with E-state index in [9.17, 15) is 0 Å². The molecule has 10 rings (SSSR count). The van der Waals surface area contributed by atoms with Crippen molar-refractivity contribution >= 4 is 75.9 Å². The van der Waals surface area contributed by atoms with Crippen molar-refractivity contribution in [2.24, 2.45) is 0 Å². The molecule has 0 unspecified atom stereocenters. The van der Waals surface area contributed by atoms with Gasteiger partial charge in [-0.3, -0.25) is 0 Å². The highest BCUT2D eigenvalue weighted by molar-refractivity contribution is 6.30. The summed E-state index contributed by atoms with van der Waals surface area (Å²) in [6.07, 6.45) is 0. The summed E-state index contributed by atoms with van der Waals surface area (Å²) < 4.78 is 4.91. The third-order valence-electron chi connectivity index (χ3n) is 9.21. The molecule has 0 N–H and O–H groups in total. The van der Waals surface area contributed by atoms with Gasteiger partial charge in [0.25, 0.3) is 0 Å². The Hall–Kier alpha value is -5.60. The fourth-order valence-electron chi connectivity index (χ4n) is 7.56. The Morgan fingerprint density at radius 2 is 0.857 bits per heavy atom. The average Bonchev–Trinajstić information content (AvgIpc) is 3.57. The molecule has 0 saturated carbocycles. The molecule has 2 heteroatoms. The maximum atomic E-state index is 2.50. The zero-order valence-electron chi connectivity index (χ0n) is 22.8. The van der Waals surface area contributed by atoms with E-state index in [1.807, 2.05) is 0 Å². The summed E-state index contributed by atoms with van der Waals surface area (Å²) in [5, 5.41) is 13.0. The number of benzene rings is 8. The van der Waals surface area contributed by atoms with Crippen LogP contribution in [-0.4, -0.2) is 9.13 Å². The first-order valence-corrected chi connectivity index (χ1v) is 14.5. The summed E-state index contributed by atoms with van der Waals surface area (Å²) in [6.45, 7) is 0. The molecule has 10 aromatic rings. The van der Waals surface area contributed by atoms with Crippen molar-refractivity contribution in [3.63, 3.8) is 0 Å². The summed E-state index contributed by atoms with van der Waals surface area (Å²) in [7, 11) is 0. The summed E-state index contributed by atoms with van der Waals surface area (Å²) in [6, 6.07) is 53.4. The maximum absolute atomic E-state index is 2.50. The number of aromatic nitrogens is 2. The van der Waals surface area contributed by atoms with E-state index in [4.69, 9.17) is 0 Å². The van der Waals surface area contributed by atoms with E-state index in [1.165, 1.54) is 87.3 Å². The van der Waals surface area contributed by atoms with E-state index in [1.54, 1.807) is 0 Å². The van der Waals surface area contributed by atoms with Crippen LogP contribution in [0.5, 0.6) is 0 Å². The minimum Gasteiger partial charge on any atom is -0.309 e. The Morgan fingerprint density at radius 1 is 0.310 bits per heavy atom. The van der Waals surface area contributed by atoms with Gasteiger partial charge in [-0.25, -0.2) is 0 Å². The predicted molar refractivity (Wildman–Crippen MR) is 179 cm³/mol. The summed E-state index contributed by atoms with van der Waals surface area (Å²) in [4.78, 5) is 0. The molecule has 8 aromatic carbocycles. The van der Waals surface area contributed by atoms with Gasteiger partial charge in [0.2, 0.25) is 0 Å². The first-order chi connectivity index (χ1) is 20.9. The Balaban J connectivity index is 1.43. The Bertz CT molecular complexity index is 2670. The SMILES string of the molecule is c1ccc(-n2c3ccccc3c3c4c5ccccc5n(-c5cc6cccc7ccc8cccc5c8c76)c4ccc32)cc1. The first-order valence-electron chi connectivity index (χ1n) is 14.5. The van der Waals surface area contributed by atoms with Gasteiger partial charge >= 0.3 is 0 Å². The standard InChI is InChI=1S/C40H24N2/c1-2-13-28(14-3-1)41-32-18-6-4-15-29(32)39-34(41)22-23-35-40(39)30-16-5-7-19-33(30)42(35)36-24-27-12-8-10-25-20-21-26-11-9-17-31(36)38(26)37(25)27/h1-24H. The maximum Gasteiger partial charge on any atom is 0.0549 e. The van der Waals surface area contributed by atoms with Crippen molar-refractivity contribution in [3.05, 3.63) is 146 Å². The summed E-state index contributed by atoms with van der Waals surface area (Å²) in [5.74, 6) is 0. The van der Waals surface area contributed by atoms with Crippen LogP contribution in [0.15, 0.2) is 146 Å². The molecular formula is C40H24N2. The zero-order chi connectivity index (χ0) is 27.4. The lowest BCUT2D eigenvalue weighted by Gasteiger charge is -2.17. The second-order valence-corrected chi connectivity index (χ2v) is 11.3. The van der Waals surface area contributed by atoms with Gasteiger partial charge < -0.3 is 9.13 Å². The Morgan fingerprint density at radius 3 is 1.60 bits per heavy atom. The van der Waals surface area contributed by atoms with Crippen molar-refractivity contribution in [3.8, 4) is 11.4 Å². The second kappa shape index (κ2) is 7.99. The minimum absolute atomic E-state index is 1.18. The fraction of sp³-hybridized carbons (Fsp3) is 0. The smallest absolute Gasteiger partial charge is 0.0549 e. The van der Waals surface area contributed by atoms with Crippen LogP contribution >= 0.6 is 0 Å². The lowest BCUT2D eigenvalue weighted by Crippen LogP contribution is -1.97. The van der Waals surface area contributed by atoms with Gasteiger partial charge in [0.05, 0.1) is 27.8 Å². The Labute approximate surface area is 241 Å². The first kappa shape index (κ1) is 22.1. The average molecular weight is 533 g/mol. The van der Waals surface area contributed by atoms with Crippen LogP contribution in [0.2, 0.25) is 0 Å². The molecule has 0 spiro atoms. The molecule has 0 aliphatic carbocycles. The molecule has 2 heterocycles. The van der Waals surface area contributed by atoms with Gasteiger partial charge in [0.15, 0.2) is 0 Å². The van der Waals surface area contributed by atoms with Crippen molar-refractivity contribution in [1.82, 2.24) is 9.13 Å².